The summed E-state index contributed by atoms with van der Waals surface area (Å²) in [6.07, 6.45) is 0.0955. The highest BCUT2D eigenvalue weighted by Gasteiger charge is 2.11. The third-order valence-corrected chi connectivity index (χ3v) is 1.42. The SMILES string of the molecule is CC(C)Cc1nnc(C(C)O)o1. The van der Waals surface area contributed by atoms with E-state index in [2.05, 4.69) is 24.0 Å². The second-order valence-electron chi connectivity index (χ2n) is 3.31. The van der Waals surface area contributed by atoms with E-state index >= 15 is 0 Å². The minimum absolute atomic E-state index is 0.297. The lowest BCUT2D eigenvalue weighted by Crippen LogP contribution is -1.93. The number of nitrogens with zero attached hydrogens (tertiary/aromatic N) is 2. The Morgan fingerprint density at radius 2 is 2.00 bits per heavy atom. The third-order valence-electron chi connectivity index (χ3n) is 1.42. The van der Waals surface area contributed by atoms with Gasteiger partial charge in [-0.3, -0.25) is 0 Å². The molecule has 4 nitrogen and oxygen atoms in total. The first-order valence-electron chi connectivity index (χ1n) is 4.10. The van der Waals surface area contributed by atoms with Crippen LogP contribution in [0, 0.1) is 5.92 Å². The molecule has 1 rings (SSSR count). The van der Waals surface area contributed by atoms with Gasteiger partial charge in [-0.05, 0) is 12.8 Å². The molecule has 0 aliphatic heterocycles. The minimum atomic E-state index is -0.668. The maximum atomic E-state index is 9.07. The first kappa shape index (κ1) is 9.19. The van der Waals surface area contributed by atoms with Gasteiger partial charge in [0.05, 0.1) is 0 Å². The Bertz CT molecular complexity index is 243. The van der Waals surface area contributed by atoms with Crippen LogP contribution in [0.4, 0.5) is 0 Å². The largest absolute Gasteiger partial charge is 0.422 e. The second-order valence-corrected chi connectivity index (χ2v) is 3.31. The predicted molar refractivity (Wildman–Crippen MR) is 43.5 cm³/mol. The number of rotatable bonds is 3. The van der Waals surface area contributed by atoms with E-state index in [0.29, 0.717) is 17.7 Å². The average Bonchev–Trinajstić information content (AvgIpc) is 2.34. The number of hydrogen-bond donors (Lipinski definition) is 1. The smallest absolute Gasteiger partial charge is 0.244 e. The van der Waals surface area contributed by atoms with Crippen molar-refractivity contribution < 1.29 is 9.52 Å². The van der Waals surface area contributed by atoms with Crippen molar-refractivity contribution in [2.75, 3.05) is 0 Å². The highest BCUT2D eigenvalue weighted by Crippen LogP contribution is 2.12. The van der Waals surface area contributed by atoms with Gasteiger partial charge in [0.2, 0.25) is 11.8 Å². The molecular weight excluding hydrogens is 156 g/mol. The highest BCUT2D eigenvalue weighted by atomic mass is 16.4. The van der Waals surface area contributed by atoms with Crippen LogP contribution in [0.1, 0.15) is 38.7 Å². The molecule has 0 aliphatic rings. The Balaban J connectivity index is 2.64. The van der Waals surface area contributed by atoms with Crippen LogP contribution in [0.15, 0.2) is 4.42 Å². The molecule has 0 radical (unpaired) electrons. The summed E-state index contributed by atoms with van der Waals surface area (Å²) >= 11 is 0. The normalized spacial score (nSPS) is 13.8. The summed E-state index contributed by atoms with van der Waals surface area (Å²) in [7, 11) is 0. The molecule has 0 saturated heterocycles. The van der Waals surface area contributed by atoms with E-state index in [1.165, 1.54) is 0 Å². The van der Waals surface area contributed by atoms with Gasteiger partial charge < -0.3 is 9.52 Å². The van der Waals surface area contributed by atoms with E-state index in [0.717, 1.165) is 6.42 Å². The Labute approximate surface area is 71.6 Å². The summed E-state index contributed by atoms with van der Waals surface area (Å²) in [5.41, 5.74) is 0. The summed E-state index contributed by atoms with van der Waals surface area (Å²) in [6, 6.07) is 0. The van der Waals surface area contributed by atoms with Crippen LogP contribution in [0.3, 0.4) is 0 Å². The van der Waals surface area contributed by atoms with Gasteiger partial charge in [-0.15, -0.1) is 10.2 Å². The van der Waals surface area contributed by atoms with Crippen LogP contribution in [0.2, 0.25) is 0 Å². The van der Waals surface area contributed by atoms with Crippen LogP contribution in [0.25, 0.3) is 0 Å². The number of aromatic nitrogens is 2. The predicted octanol–water partition coefficient (Wildman–Crippen LogP) is 1.32. The van der Waals surface area contributed by atoms with Crippen LogP contribution in [-0.2, 0) is 6.42 Å². The van der Waals surface area contributed by atoms with Crippen LogP contribution in [-0.4, -0.2) is 15.3 Å². The van der Waals surface area contributed by atoms with E-state index < -0.39 is 6.10 Å². The van der Waals surface area contributed by atoms with Gasteiger partial charge in [-0.25, -0.2) is 0 Å². The molecule has 0 aromatic carbocycles. The molecule has 1 heterocycles. The van der Waals surface area contributed by atoms with Gasteiger partial charge in [0.25, 0.3) is 0 Å². The summed E-state index contributed by atoms with van der Waals surface area (Å²) < 4.78 is 5.18. The topological polar surface area (TPSA) is 59.2 Å². The van der Waals surface area contributed by atoms with Crippen molar-refractivity contribution in [2.24, 2.45) is 5.92 Å². The van der Waals surface area contributed by atoms with Crippen molar-refractivity contribution in [1.29, 1.82) is 0 Å². The van der Waals surface area contributed by atoms with E-state index in [4.69, 9.17) is 9.52 Å². The molecule has 1 unspecified atom stereocenters. The van der Waals surface area contributed by atoms with Gasteiger partial charge in [0.1, 0.15) is 6.10 Å². The zero-order valence-corrected chi connectivity index (χ0v) is 7.61. The van der Waals surface area contributed by atoms with Gasteiger partial charge in [-0.1, -0.05) is 13.8 Å². The standard InChI is InChI=1S/C8H14N2O2/c1-5(2)4-7-9-10-8(12-7)6(3)11/h5-6,11H,4H2,1-3H3. The molecule has 0 spiro atoms. The van der Waals surface area contributed by atoms with Gasteiger partial charge in [0, 0.05) is 6.42 Å². The van der Waals surface area contributed by atoms with Crippen LogP contribution in [0.5, 0.6) is 0 Å². The summed E-state index contributed by atoms with van der Waals surface area (Å²) in [6.45, 7) is 5.76. The molecule has 0 amide bonds. The van der Waals surface area contributed by atoms with Crippen molar-refractivity contribution in [2.45, 2.75) is 33.3 Å². The minimum Gasteiger partial charge on any atom is -0.422 e. The number of hydrogen-bond acceptors (Lipinski definition) is 4. The zero-order valence-electron chi connectivity index (χ0n) is 7.61. The molecule has 0 saturated carbocycles. The van der Waals surface area contributed by atoms with E-state index in [1.807, 2.05) is 0 Å². The maximum Gasteiger partial charge on any atom is 0.244 e. The molecule has 0 bridgehead atoms. The summed E-state index contributed by atoms with van der Waals surface area (Å²) in [5.74, 6) is 1.39. The van der Waals surface area contributed by atoms with Crippen LogP contribution >= 0.6 is 0 Å². The molecule has 12 heavy (non-hydrogen) atoms. The van der Waals surface area contributed by atoms with Crippen molar-refractivity contribution in [3.63, 3.8) is 0 Å². The van der Waals surface area contributed by atoms with Crippen molar-refractivity contribution in [3.05, 3.63) is 11.8 Å². The van der Waals surface area contributed by atoms with E-state index in [-0.39, 0.29) is 0 Å². The molecule has 0 aliphatic carbocycles. The molecule has 4 heteroatoms. The van der Waals surface area contributed by atoms with E-state index in [1.54, 1.807) is 6.92 Å². The van der Waals surface area contributed by atoms with Gasteiger partial charge in [0.15, 0.2) is 0 Å². The number of aliphatic hydroxyl groups is 1. The van der Waals surface area contributed by atoms with Gasteiger partial charge in [-0.2, -0.15) is 0 Å². The fourth-order valence-electron chi connectivity index (χ4n) is 0.867. The Morgan fingerprint density at radius 3 is 2.42 bits per heavy atom. The molecule has 1 aromatic heterocycles. The molecule has 1 atom stereocenters. The molecular formula is C8H14N2O2. The fourth-order valence-corrected chi connectivity index (χ4v) is 0.867. The monoisotopic (exact) mass is 170 g/mol. The fraction of sp³-hybridized carbons (Fsp3) is 0.750. The third kappa shape index (κ3) is 2.30. The van der Waals surface area contributed by atoms with E-state index in [9.17, 15) is 0 Å². The van der Waals surface area contributed by atoms with Crippen molar-refractivity contribution >= 4 is 0 Å². The molecule has 0 fully saturated rings. The molecule has 1 N–H and O–H groups in total. The Kier molecular flexibility index (Phi) is 2.81. The average molecular weight is 170 g/mol. The van der Waals surface area contributed by atoms with Crippen LogP contribution < -0.4 is 0 Å². The summed E-state index contributed by atoms with van der Waals surface area (Å²) in [5, 5.41) is 16.6. The lowest BCUT2D eigenvalue weighted by Gasteiger charge is -1.97. The maximum absolute atomic E-state index is 9.07. The van der Waals surface area contributed by atoms with Gasteiger partial charge >= 0.3 is 0 Å². The Morgan fingerprint density at radius 1 is 1.33 bits per heavy atom. The first-order chi connectivity index (χ1) is 5.59. The lowest BCUT2D eigenvalue weighted by molar-refractivity contribution is 0.160. The quantitative estimate of drug-likeness (QED) is 0.743. The van der Waals surface area contributed by atoms with Crippen molar-refractivity contribution in [1.82, 2.24) is 10.2 Å². The molecule has 1 aromatic rings. The number of aliphatic hydroxyl groups excluding tert-OH is 1. The van der Waals surface area contributed by atoms with Crippen molar-refractivity contribution in [3.8, 4) is 0 Å². The molecule has 68 valence electrons. The highest BCUT2D eigenvalue weighted by molar-refractivity contribution is 4.85. The zero-order chi connectivity index (χ0) is 9.14. The second kappa shape index (κ2) is 3.67. The first-order valence-corrected chi connectivity index (χ1v) is 4.10. The summed E-state index contributed by atoms with van der Waals surface area (Å²) in [4.78, 5) is 0. The Hall–Kier alpha value is -0.900. The lowest BCUT2D eigenvalue weighted by atomic mass is 10.1.